The monoisotopic (exact) mass is 465 g/mol. The molecule has 1 aromatic rings. The zero-order chi connectivity index (χ0) is 16.4. The van der Waals surface area contributed by atoms with Gasteiger partial charge >= 0.3 is 6.18 Å². The minimum atomic E-state index is -4.20. The summed E-state index contributed by atoms with van der Waals surface area (Å²) in [6.45, 7) is 2.83. The number of nitrogens with zero attached hydrogens (tertiary/aromatic N) is 1. The van der Waals surface area contributed by atoms with Crippen LogP contribution in [0.15, 0.2) is 29.3 Å². The lowest BCUT2D eigenvalue weighted by atomic mass is 10.3. The first kappa shape index (κ1) is 22.1. The fourth-order valence-electron chi connectivity index (χ4n) is 1.53. The quantitative estimate of drug-likeness (QED) is 0.278. The van der Waals surface area contributed by atoms with Crippen LogP contribution in [-0.4, -0.2) is 38.4 Å². The summed E-state index contributed by atoms with van der Waals surface area (Å²) in [5.41, 5.74) is 0. The smallest absolute Gasteiger partial charge is 0.390 e. The molecule has 2 N–H and O–H groups in total. The van der Waals surface area contributed by atoms with Crippen LogP contribution in [0.1, 0.15) is 13.3 Å². The van der Waals surface area contributed by atoms with Gasteiger partial charge in [0.15, 0.2) is 5.96 Å². The van der Waals surface area contributed by atoms with Crippen molar-refractivity contribution in [2.45, 2.75) is 19.5 Å². The van der Waals surface area contributed by atoms with Gasteiger partial charge < -0.3 is 15.4 Å². The van der Waals surface area contributed by atoms with E-state index in [-0.39, 0.29) is 30.5 Å². The van der Waals surface area contributed by atoms with Crippen LogP contribution in [0.5, 0.6) is 5.75 Å². The number of benzene rings is 1. The van der Waals surface area contributed by atoms with Gasteiger partial charge in [-0.15, -0.1) is 24.0 Å². The highest BCUT2D eigenvalue weighted by Gasteiger charge is 2.26. The molecule has 0 aromatic heterocycles. The fourth-order valence-corrected chi connectivity index (χ4v) is 1.71. The van der Waals surface area contributed by atoms with Crippen LogP contribution in [0.25, 0.3) is 0 Å². The van der Waals surface area contributed by atoms with Gasteiger partial charge in [-0.3, -0.25) is 4.99 Å². The number of nitrogens with one attached hydrogen (secondary N) is 2. The van der Waals surface area contributed by atoms with Crippen molar-refractivity contribution in [3.05, 3.63) is 29.3 Å². The predicted octanol–water partition coefficient (Wildman–Crippen LogP) is 3.84. The van der Waals surface area contributed by atoms with E-state index < -0.39 is 12.6 Å². The average molecular weight is 466 g/mol. The summed E-state index contributed by atoms with van der Waals surface area (Å²) in [6, 6.07) is 6.97. The number of hydrogen-bond acceptors (Lipinski definition) is 2. The van der Waals surface area contributed by atoms with E-state index in [1.54, 1.807) is 24.3 Å². The minimum absolute atomic E-state index is 0. The zero-order valence-corrected chi connectivity index (χ0v) is 15.7. The molecule has 1 aromatic carbocycles. The Hall–Kier alpha value is -0.900. The van der Waals surface area contributed by atoms with Gasteiger partial charge in [0.1, 0.15) is 12.4 Å². The molecule has 0 heterocycles. The summed E-state index contributed by atoms with van der Waals surface area (Å²) >= 11 is 5.83. The number of aliphatic imine (C=N–C) groups is 1. The lowest BCUT2D eigenvalue weighted by molar-refractivity contribution is -0.132. The molecule has 4 nitrogen and oxygen atoms in total. The van der Waals surface area contributed by atoms with Crippen molar-refractivity contribution in [1.82, 2.24) is 10.6 Å². The highest BCUT2D eigenvalue weighted by Crippen LogP contribution is 2.19. The molecular weight excluding hydrogens is 446 g/mol. The van der Waals surface area contributed by atoms with Crippen LogP contribution in [0.3, 0.4) is 0 Å². The van der Waals surface area contributed by atoms with Crippen molar-refractivity contribution >= 4 is 41.5 Å². The first-order valence-corrected chi connectivity index (χ1v) is 7.26. The minimum Gasteiger partial charge on any atom is -0.492 e. The van der Waals surface area contributed by atoms with E-state index in [2.05, 4.69) is 15.6 Å². The molecule has 0 unspecified atom stereocenters. The van der Waals surface area contributed by atoms with E-state index in [0.29, 0.717) is 36.4 Å². The number of ether oxygens (including phenoxy) is 1. The van der Waals surface area contributed by atoms with Crippen molar-refractivity contribution in [1.29, 1.82) is 0 Å². The molecule has 0 saturated carbocycles. The zero-order valence-electron chi connectivity index (χ0n) is 12.6. The summed E-state index contributed by atoms with van der Waals surface area (Å²) in [5.74, 6) is 0.967. The molecule has 9 heteroatoms. The number of halogens is 5. The Morgan fingerprint density at radius 1 is 1.30 bits per heavy atom. The van der Waals surface area contributed by atoms with E-state index >= 15 is 0 Å². The Kier molecular flexibility index (Phi) is 11.2. The Bertz CT molecular complexity index is 487. The van der Waals surface area contributed by atoms with Gasteiger partial charge in [0.2, 0.25) is 0 Å². The predicted molar refractivity (Wildman–Crippen MR) is 97.0 cm³/mol. The third-order valence-electron chi connectivity index (χ3n) is 2.47. The Morgan fingerprint density at radius 2 is 2.04 bits per heavy atom. The molecular formula is C14H20ClF3IN3O. The maximum atomic E-state index is 12.1. The molecule has 0 radical (unpaired) electrons. The SMILES string of the molecule is CCNC(=NCCC(F)(F)F)NCCOc1cccc(Cl)c1.I. The summed E-state index contributed by atoms with van der Waals surface area (Å²) in [4.78, 5) is 3.86. The van der Waals surface area contributed by atoms with Crippen LogP contribution in [-0.2, 0) is 0 Å². The Morgan fingerprint density at radius 3 is 2.65 bits per heavy atom. The van der Waals surface area contributed by atoms with E-state index in [1.165, 1.54) is 0 Å². The van der Waals surface area contributed by atoms with E-state index in [1.807, 2.05) is 6.92 Å². The van der Waals surface area contributed by atoms with Crippen LogP contribution in [0, 0.1) is 0 Å². The lowest BCUT2D eigenvalue weighted by Crippen LogP contribution is -2.39. The van der Waals surface area contributed by atoms with Crippen LogP contribution < -0.4 is 15.4 Å². The van der Waals surface area contributed by atoms with Crippen molar-refractivity contribution in [2.24, 2.45) is 4.99 Å². The number of rotatable bonds is 7. The van der Waals surface area contributed by atoms with Crippen molar-refractivity contribution in [3.8, 4) is 5.75 Å². The van der Waals surface area contributed by atoms with Crippen LogP contribution in [0.2, 0.25) is 5.02 Å². The molecule has 1 rings (SSSR count). The average Bonchev–Trinajstić information content (AvgIpc) is 2.42. The van der Waals surface area contributed by atoms with Crippen LogP contribution in [0.4, 0.5) is 13.2 Å². The molecule has 0 aliphatic carbocycles. The topological polar surface area (TPSA) is 45.7 Å². The van der Waals surface area contributed by atoms with Gasteiger partial charge in [-0.25, -0.2) is 0 Å². The summed E-state index contributed by atoms with van der Waals surface area (Å²) in [5, 5.41) is 6.35. The molecule has 0 amide bonds. The first-order chi connectivity index (χ1) is 10.4. The Labute approximate surface area is 155 Å². The maximum Gasteiger partial charge on any atom is 0.390 e. The first-order valence-electron chi connectivity index (χ1n) is 6.88. The van der Waals surface area contributed by atoms with Gasteiger partial charge in [-0.05, 0) is 25.1 Å². The third kappa shape index (κ3) is 11.3. The molecule has 23 heavy (non-hydrogen) atoms. The summed E-state index contributed by atoms with van der Waals surface area (Å²) in [6.07, 6.45) is -5.14. The van der Waals surface area contributed by atoms with Crippen molar-refractivity contribution in [2.75, 3.05) is 26.2 Å². The highest BCUT2D eigenvalue weighted by atomic mass is 127. The number of hydrogen-bond donors (Lipinski definition) is 2. The van der Waals surface area contributed by atoms with Crippen molar-refractivity contribution < 1.29 is 17.9 Å². The fraction of sp³-hybridized carbons (Fsp3) is 0.500. The molecule has 0 saturated heterocycles. The summed E-state index contributed by atoms with van der Waals surface area (Å²) < 4.78 is 41.7. The second-order valence-corrected chi connectivity index (χ2v) is 4.79. The lowest BCUT2D eigenvalue weighted by Gasteiger charge is -2.12. The van der Waals surface area contributed by atoms with Crippen LogP contribution >= 0.6 is 35.6 Å². The molecule has 0 fully saturated rings. The van der Waals surface area contributed by atoms with Crippen molar-refractivity contribution in [3.63, 3.8) is 0 Å². The molecule has 0 aliphatic heterocycles. The normalized spacial score (nSPS) is 11.6. The van der Waals surface area contributed by atoms with Gasteiger partial charge in [-0.1, -0.05) is 17.7 Å². The maximum absolute atomic E-state index is 12.1. The second-order valence-electron chi connectivity index (χ2n) is 4.36. The molecule has 0 bridgehead atoms. The number of guanidine groups is 1. The van der Waals surface area contributed by atoms with Gasteiger partial charge in [0, 0.05) is 11.6 Å². The van der Waals surface area contributed by atoms with Gasteiger partial charge in [-0.2, -0.15) is 13.2 Å². The highest BCUT2D eigenvalue weighted by molar-refractivity contribution is 14.0. The summed E-state index contributed by atoms with van der Waals surface area (Å²) in [7, 11) is 0. The van der Waals surface area contributed by atoms with E-state index in [0.717, 1.165) is 0 Å². The van der Waals surface area contributed by atoms with E-state index in [4.69, 9.17) is 16.3 Å². The molecule has 0 atom stereocenters. The standard InChI is InChI=1S/C14H19ClF3N3O.HI/c1-2-19-13(20-7-6-14(16,17)18)21-8-9-22-12-5-3-4-11(15)10-12;/h3-5,10H,2,6-9H2,1H3,(H2,19,20,21);1H. The molecule has 0 aliphatic rings. The third-order valence-corrected chi connectivity index (χ3v) is 2.70. The Balaban J connectivity index is 0.00000484. The van der Waals surface area contributed by atoms with Gasteiger partial charge in [0.25, 0.3) is 0 Å². The van der Waals surface area contributed by atoms with Gasteiger partial charge in [0.05, 0.1) is 19.5 Å². The molecule has 132 valence electrons. The second kappa shape index (κ2) is 11.6. The largest absolute Gasteiger partial charge is 0.492 e. The molecule has 0 spiro atoms. The number of alkyl halides is 3. The van der Waals surface area contributed by atoms with E-state index in [9.17, 15) is 13.2 Å².